The van der Waals surface area contributed by atoms with Crippen LogP contribution in [0, 0.1) is 0 Å². The van der Waals surface area contributed by atoms with Crippen molar-refractivity contribution in [2.24, 2.45) is 9.98 Å². The molecule has 0 amide bonds. The van der Waals surface area contributed by atoms with E-state index in [1.54, 1.807) is 0 Å². The third-order valence-electron chi connectivity index (χ3n) is 10.0. The summed E-state index contributed by atoms with van der Waals surface area (Å²) in [4.78, 5) is 16.5. The first-order valence-corrected chi connectivity index (χ1v) is 26.3. The molecule has 0 unspecified atom stereocenters. The van der Waals surface area contributed by atoms with Crippen LogP contribution in [0.3, 0.4) is 0 Å². The van der Waals surface area contributed by atoms with Gasteiger partial charge in [-0.15, -0.1) is 0 Å². The van der Waals surface area contributed by atoms with Gasteiger partial charge in [0, 0.05) is 0 Å². The Kier molecular flexibility index (Phi) is 12.5. The molecule has 270 valence electrons. The maximum atomic E-state index is 5.79. The van der Waals surface area contributed by atoms with Gasteiger partial charge in [0.2, 0.25) is 0 Å². The molecule has 1 aliphatic heterocycles. The van der Waals surface area contributed by atoms with Crippen molar-refractivity contribution in [3.8, 4) is 0 Å². The number of hydrogen-bond donors (Lipinski definition) is 0. The van der Waals surface area contributed by atoms with Crippen LogP contribution in [0.2, 0.25) is 0 Å². The Morgan fingerprint density at radius 1 is 0.472 bits per heavy atom. The Hall–Kier alpha value is -3.95. The summed E-state index contributed by atoms with van der Waals surface area (Å²) in [5.74, 6) is 3.14. The Labute approximate surface area is 335 Å². The Morgan fingerprint density at radius 2 is 0.792 bits per heavy atom. The van der Waals surface area contributed by atoms with Crippen LogP contribution in [-0.4, -0.2) is 33.6 Å². The molecule has 1 heterocycles. The summed E-state index contributed by atoms with van der Waals surface area (Å²) in [7, 11) is 0. The van der Waals surface area contributed by atoms with E-state index in [2.05, 4.69) is 225 Å². The van der Waals surface area contributed by atoms with Gasteiger partial charge in [-0.1, -0.05) is 0 Å². The SMILES string of the molecule is CC(C)c1cccc(C(C)C)c1N=C(c1ccccc1)N1C=CN(C(=Nc2c(C(C)C)cccc2C(C)C)c2ccccc2)[C]1([Ge][I])c1ccccc1. The van der Waals surface area contributed by atoms with Gasteiger partial charge < -0.3 is 0 Å². The standard InChI is InChI=1S/C47H51GeIN4/c1-32(2)39-26-18-27-40(33(3)4)43(39)50-45(36-20-12-9-13-21-36)52-30-31-53(47(52,48-49)38-24-16-11-17-25-38)46(37-22-14-10-15-23-37)51-44-41(34(5)6)28-19-29-42(44)35(7)8/h9-35H,1-8H3. The van der Waals surface area contributed by atoms with E-state index in [0.717, 1.165) is 34.2 Å². The molecule has 0 aromatic heterocycles. The number of aliphatic imine (C=N–C) groups is 2. The third kappa shape index (κ3) is 7.83. The number of hydrogen-bond acceptors (Lipinski definition) is 2. The molecular weight excluding hydrogens is 820 g/mol. The summed E-state index contributed by atoms with van der Waals surface area (Å²) in [5.41, 5.74) is 10.6. The van der Waals surface area contributed by atoms with Gasteiger partial charge in [-0.25, -0.2) is 0 Å². The van der Waals surface area contributed by atoms with Gasteiger partial charge in [-0.3, -0.25) is 0 Å². The number of amidine groups is 2. The minimum atomic E-state index is -0.815. The van der Waals surface area contributed by atoms with E-state index < -0.39 is 16.6 Å². The average Bonchev–Trinajstić information content (AvgIpc) is 3.56. The Bertz CT molecular complexity index is 1910. The van der Waals surface area contributed by atoms with Gasteiger partial charge in [-0.2, -0.15) is 0 Å². The monoisotopic (exact) mass is 872 g/mol. The molecule has 0 spiro atoms. The quantitative estimate of drug-likeness (QED) is 0.0606. The fourth-order valence-electron chi connectivity index (χ4n) is 7.19. The maximum absolute atomic E-state index is 5.79. The van der Waals surface area contributed by atoms with E-state index in [1.165, 1.54) is 27.8 Å². The Morgan fingerprint density at radius 3 is 1.09 bits per heavy atom. The molecule has 6 rings (SSSR count). The first kappa shape index (κ1) is 38.8. The number of benzene rings is 5. The zero-order valence-electron chi connectivity index (χ0n) is 32.3. The molecule has 1 aliphatic rings. The van der Waals surface area contributed by atoms with E-state index >= 15 is 0 Å². The molecule has 5 aromatic rings. The fourth-order valence-corrected chi connectivity index (χ4v) is 13.2. The number of para-hydroxylation sites is 2. The minimum absolute atomic E-state index is 0.319. The van der Waals surface area contributed by atoms with E-state index in [1.807, 2.05) is 0 Å². The van der Waals surface area contributed by atoms with E-state index in [-0.39, 0.29) is 0 Å². The van der Waals surface area contributed by atoms with Gasteiger partial charge in [0.05, 0.1) is 0 Å². The fraction of sp³-hybridized carbons (Fsp3) is 0.277. The summed E-state index contributed by atoms with van der Waals surface area (Å²) in [6.45, 7) is 18.2. The normalized spacial score (nSPS) is 16.5. The van der Waals surface area contributed by atoms with Crippen LogP contribution in [0.25, 0.3) is 0 Å². The zero-order chi connectivity index (χ0) is 37.7. The number of rotatable bonds is 10. The molecular formula is C47H51GeIN4. The van der Waals surface area contributed by atoms with Crippen LogP contribution in [0.15, 0.2) is 150 Å². The van der Waals surface area contributed by atoms with Crippen molar-refractivity contribution in [2.45, 2.75) is 83.6 Å². The van der Waals surface area contributed by atoms with Crippen molar-refractivity contribution in [1.82, 2.24) is 9.80 Å². The van der Waals surface area contributed by atoms with E-state index in [4.69, 9.17) is 9.98 Å². The zero-order valence-corrected chi connectivity index (χ0v) is 36.5. The van der Waals surface area contributed by atoms with E-state index in [9.17, 15) is 0 Å². The molecule has 0 bridgehead atoms. The van der Waals surface area contributed by atoms with Crippen molar-refractivity contribution in [1.29, 1.82) is 0 Å². The topological polar surface area (TPSA) is 31.2 Å². The number of halogens is 1. The number of nitrogens with zero attached hydrogens (tertiary/aromatic N) is 4. The molecule has 5 aromatic carbocycles. The Balaban J connectivity index is 1.69. The molecule has 0 atom stereocenters. The van der Waals surface area contributed by atoms with Crippen molar-refractivity contribution < 1.29 is 0 Å². The van der Waals surface area contributed by atoms with Gasteiger partial charge in [0.1, 0.15) is 0 Å². The second-order valence-corrected chi connectivity index (χ2v) is 19.6. The summed E-state index contributed by atoms with van der Waals surface area (Å²) < 4.78 is -0.583. The molecule has 0 N–H and O–H groups in total. The molecule has 0 saturated heterocycles. The van der Waals surface area contributed by atoms with Crippen LogP contribution in [0.5, 0.6) is 0 Å². The molecule has 0 aliphatic carbocycles. The first-order chi connectivity index (χ1) is 25.6. The predicted molar refractivity (Wildman–Crippen MR) is 235 cm³/mol. The molecule has 4 nitrogen and oxygen atoms in total. The van der Waals surface area contributed by atoms with Crippen LogP contribution in [0.1, 0.15) is 118 Å². The van der Waals surface area contributed by atoms with Gasteiger partial charge in [0.15, 0.2) is 0 Å². The van der Waals surface area contributed by atoms with Gasteiger partial charge >= 0.3 is 337 Å². The van der Waals surface area contributed by atoms with Crippen LogP contribution >= 0.6 is 20.2 Å². The molecule has 0 fully saturated rings. The van der Waals surface area contributed by atoms with Crippen LogP contribution in [0.4, 0.5) is 11.4 Å². The molecule has 2 radical (unpaired) electrons. The third-order valence-corrected chi connectivity index (χ3v) is 16.1. The van der Waals surface area contributed by atoms with Crippen LogP contribution in [-0.2, 0) is 4.50 Å². The van der Waals surface area contributed by atoms with Gasteiger partial charge in [-0.05, 0) is 0 Å². The second kappa shape index (κ2) is 17.0. The molecule has 53 heavy (non-hydrogen) atoms. The van der Waals surface area contributed by atoms with Gasteiger partial charge in [0.25, 0.3) is 0 Å². The summed E-state index contributed by atoms with van der Waals surface area (Å²) in [5, 5.41) is 0. The summed E-state index contributed by atoms with van der Waals surface area (Å²) in [6.07, 6.45) is 4.51. The first-order valence-electron chi connectivity index (χ1n) is 18.8. The van der Waals surface area contributed by atoms with Crippen molar-refractivity contribution in [3.63, 3.8) is 0 Å². The summed E-state index contributed by atoms with van der Waals surface area (Å²) >= 11 is 1.89. The predicted octanol–water partition coefficient (Wildman–Crippen LogP) is 13.0. The van der Waals surface area contributed by atoms with Crippen molar-refractivity contribution in [3.05, 3.63) is 179 Å². The second-order valence-electron chi connectivity index (χ2n) is 15.0. The summed E-state index contributed by atoms with van der Waals surface area (Å²) in [6, 6.07) is 45.9. The average molecular weight is 871 g/mol. The van der Waals surface area contributed by atoms with E-state index in [0.29, 0.717) is 23.7 Å². The van der Waals surface area contributed by atoms with Crippen molar-refractivity contribution >= 4 is 55.4 Å². The van der Waals surface area contributed by atoms with Crippen LogP contribution < -0.4 is 0 Å². The molecule has 0 saturated carbocycles. The molecule has 6 heteroatoms. The van der Waals surface area contributed by atoms with Crippen molar-refractivity contribution in [2.75, 3.05) is 0 Å².